The van der Waals surface area contributed by atoms with Gasteiger partial charge in [0.25, 0.3) is 5.91 Å². The van der Waals surface area contributed by atoms with Gasteiger partial charge < -0.3 is 4.84 Å². The second-order valence-corrected chi connectivity index (χ2v) is 5.15. The summed E-state index contributed by atoms with van der Waals surface area (Å²) in [5.41, 5.74) is 4.42. The molecule has 3 rings (SSSR count). The van der Waals surface area contributed by atoms with E-state index in [9.17, 15) is 9.59 Å². The molecule has 0 atom stereocenters. The fourth-order valence-corrected chi connectivity index (χ4v) is 1.98. The Morgan fingerprint density at radius 2 is 1.62 bits per heavy atom. The number of benzene rings is 2. The molecule has 0 radical (unpaired) electrons. The lowest BCUT2D eigenvalue weighted by atomic mass is 10.2. The zero-order valence-electron chi connectivity index (χ0n) is 13.6. The highest BCUT2D eigenvalue weighted by Gasteiger charge is 2.06. The Labute approximate surface area is 149 Å². The molecule has 7 nitrogen and oxygen atoms in total. The maximum absolute atomic E-state index is 11.8. The number of pyridine rings is 1. The zero-order chi connectivity index (χ0) is 18.2. The first kappa shape index (κ1) is 17.0. The predicted molar refractivity (Wildman–Crippen MR) is 95.0 cm³/mol. The van der Waals surface area contributed by atoms with Gasteiger partial charge >= 0.3 is 5.97 Å². The van der Waals surface area contributed by atoms with Crippen LogP contribution in [0.4, 0.5) is 11.4 Å². The highest BCUT2D eigenvalue weighted by molar-refractivity contribution is 5.94. The minimum absolute atomic E-state index is 0.363. The van der Waals surface area contributed by atoms with Crippen LogP contribution in [0.5, 0.6) is 0 Å². The van der Waals surface area contributed by atoms with E-state index in [1.165, 1.54) is 6.20 Å². The Morgan fingerprint density at radius 3 is 2.31 bits per heavy atom. The predicted octanol–water partition coefficient (Wildman–Crippen LogP) is 4.19. The van der Waals surface area contributed by atoms with Crippen LogP contribution in [-0.2, 0) is 4.84 Å². The highest BCUT2D eigenvalue weighted by atomic mass is 16.7. The van der Waals surface area contributed by atoms with Gasteiger partial charge in [-0.05, 0) is 48.5 Å². The Bertz CT molecular complexity index is 911. The fourth-order valence-electron chi connectivity index (χ4n) is 1.98. The first-order valence-electron chi connectivity index (χ1n) is 7.71. The van der Waals surface area contributed by atoms with Gasteiger partial charge in [-0.3, -0.25) is 9.78 Å². The van der Waals surface area contributed by atoms with Crippen molar-refractivity contribution < 1.29 is 14.4 Å². The van der Waals surface area contributed by atoms with E-state index in [0.29, 0.717) is 22.5 Å². The van der Waals surface area contributed by atoms with Crippen molar-refractivity contribution >= 4 is 23.3 Å². The van der Waals surface area contributed by atoms with Gasteiger partial charge in [0.15, 0.2) is 0 Å². The normalized spacial score (nSPS) is 10.5. The van der Waals surface area contributed by atoms with Crippen molar-refractivity contribution in [2.45, 2.75) is 0 Å². The summed E-state index contributed by atoms with van der Waals surface area (Å²) >= 11 is 0. The van der Waals surface area contributed by atoms with Crippen LogP contribution in [0.3, 0.4) is 0 Å². The van der Waals surface area contributed by atoms with Gasteiger partial charge in [0.05, 0.1) is 22.5 Å². The summed E-state index contributed by atoms with van der Waals surface area (Å²) in [5, 5.41) is 7.53. The molecule has 7 heteroatoms. The van der Waals surface area contributed by atoms with Crippen LogP contribution in [0.15, 0.2) is 89.4 Å². The maximum Gasteiger partial charge on any atom is 0.362 e. The molecule has 2 aromatic carbocycles. The lowest BCUT2D eigenvalue weighted by molar-refractivity contribution is 0.0596. The summed E-state index contributed by atoms with van der Waals surface area (Å²) in [4.78, 5) is 32.5. The molecule has 0 spiro atoms. The van der Waals surface area contributed by atoms with Crippen LogP contribution >= 0.6 is 0 Å². The van der Waals surface area contributed by atoms with Crippen LogP contribution < -0.4 is 5.48 Å². The highest BCUT2D eigenvalue weighted by Crippen LogP contribution is 2.17. The smallest absolute Gasteiger partial charge is 0.338 e. The van der Waals surface area contributed by atoms with Crippen LogP contribution in [0.1, 0.15) is 20.7 Å². The molecule has 0 bridgehead atoms. The van der Waals surface area contributed by atoms with E-state index in [1.54, 1.807) is 66.9 Å². The molecule has 0 saturated heterocycles. The Hall–Kier alpha value is -3.87. The monoisotopic (exact) mass is 346 g/mol. The van der Waals surface area contributed by atoms with Crippen LogP contribution in [0.25, 0.3) is 0 Å². The van der Waals surface area contributed by atoms with Crippen molar-refractivity contribution in [3.05, 3.63) is 90.3 Å². The molecule has 1 aromatic heterocycles. The van der Waals surface area contributed by atoms with E-state index in [-0.39, 0.29) is 0 Å². The van der Waals surface area contributed by atoms with E-state index >= 15 is 0 Å². The summed E-state index contributed by atoms with van der Waals surface area (Å²) in [6.45, 7) is 0. The minimum Gasteiger partial charge on any atom is -0.338 e. The molecule has 0 saturated carbocycles. The van der Waals surface area contributed by atoms with Crippen molar-refractivity contribution in [2.24, 2.45) is 10.2 Å². The molecular weight excluding hydrogens is 332 g/mol. The number of amides is 1. The van der Waals surface area contributed by atoms with Crippen molar-refractivity contribution in [3.8, 4) is 0 Å². The van der Waals surface area contributed by atoms with Gasteiger partial charge in [-0.2, -0.15) is 0 Å². The summed E-state index contributed by atoms with van der Waals surface area (Å²) in [6.07, 6.45) is 3.00. The Kier molecular flexibility index (Phi) is 5.41. The largest absolute Gasteiger partial charge is 0.362 e. The average molecular weight is 346 g/mol. The Morgan fingerprint density at radius 1 is 0.885 bits per heavy atom. The van der Waals surface area contributed by atoms with Crippen LogP contribution in [-0.4, -0.2) is 16.9 Å². The number of anilines is 1. The van der Waals surface area contributed by atoms with Gasteiger partial charge in [0.1, 0.15) is 0 Å². The van der Waals surface area contributed by atoms with Crippen LogP contribution in [0.2, 0.25) is 0 Å². The van der Waals surface area contributed by atoms with Crippen molar-refractivity contribution in [1.29, 1.82) is 0 Å². The van der Waals surface area contributed by atoms with Gasteiger partial charge in [-0.1, -0.05) is 18.2 Å². The van der Waals surface area contributed by atoms with Crippen molar-refractivity contribution in [3.63, 3.8) is 0 Å². The lowest BCUT2D eigenvalue weighted by Gasteiger charge is -2.06. The quantitative estimate of drug-likeness (QED) is 0.552. The SMILES string of the molecule is O=C(N=Nc1ccc(NOC(=O)c2ccccc2)cc1)c1cccnc1. The molecule has 1 heterocycles. The summed E-state index contributed by atoms with van der Waals surface area (Å²) in [6, 6.07) is 18.5. The number of aromatic nitrogens is 1. The van der Waals surface area contributed by atoms with E-state index in [2.05, 4.69) is 20.7 Å². The lowest BCUT2D eigenvalue weighted by Crippen LogP contribution is -2.10. The Balaban J connectivity index is 1.56. The molecule has 1 N–H and O–H groups in total. The number of hydrogen-bond donors (Lipinski definition) is 1. The van der Waals surface area contributed by atoms with Crippen LogP contribution in [0, 0.1) is 0 Å². The van der Waals surface area contributed by atoms with E-state index in [1.807, 2.05) is 6.07 Å². The van der Waals surface area contributed by atoms with Gasteiger partial charge in [0.2, 0.25) is 0 Å². The second-order valence-electron chi connectivity index (χ2n) is 5.15. The molecule has 0 fully saturated rings. The van der Waals surface area contributed by atoms with E-state index < -0.39 is 11.9 Å². The number of rotatable bonds is 5. The molecule has 0 aliphatic carbocycles. The number of carbonyl (C=O) groups is 2. The third-order valence-corrected chi connectivity index (χ3v) is 3.30. The molecule has 0 aliphatic heterocycles. The van der Waals surface area contributed by atoms with Crippen molar-refractivity contribution in [2.75, 3.05) is 5.48 Å². The van der Waals surface area contributed by atoms with E-state index in [0.717, 1.165) is 0 Å². The molecule has 128 valence electrons. The molecule has 26 heavy (non-hydrogen) atoms. The maximum atomic E-state index is 11.8. The zero-order valence-corrected chi connectivity index (χ0v) is 13.6. The van der Waals surface area contributed by atoms with Gasteiger partial charge in [-0.15, -0.1) is 10.2 Å². The molecular formula is C19H14N4O3. The summed E-state index contributed by atoms with van der Waals surface area (Å²) in [5.74, 6) is -0.964. The number of azo groups is 1. The molecule has 3 aromatic rings. The number of nitrogens with one attached hydrogen (secondary N) is 1. The standard InChI is InChI=1S/C19H14N4O3/c24-18(15-7-4-12-20-13-15)22-21-16-8-10-17(11-9-16)23-26-19(25)14-5-2-1-3-6-14/h1-13,23H. The average Bonchev–Trinajstić information content (AvgIpc) is 2.72. The molecule has 1 amide bonds. The topological polar surface area (TPSA) is 93.0 Å². The minimum atomic E-state index is -0.489. The third kappa shape index (κ3) is 4.57. The third-order valence-electron chi connectivity index (χ3n) is 3.30. The second kappa shape index (κ2) is 8.29. The van der Waals surface area contributed by atoms with Gasteiger partial charge in [-0.25, -0.2) is 10.3 Å². The summed E-state index contributed by atoms with van der Waals surface area (Å²) in [7, 11) is 0. The van der Waals surface area contributed by atoms with Gasteiger partial charge in [0, 0.05) is 12.4 Å². The number of hydrogen-bond acceptors (Lipinski definition) is 6. The first-order valence-corrected chi connectivity index (χ1v) is 7.71. The van der Waals surface area contributed by atoms with Crippen molar-refractivity contribution in [1.82, 2.24) is 4.98 Å². The number of nitrogens with zero attached hydrogens (tertiary/aromatic N) is 3. The number of carbonyl (C=O) groups excluding carboxylic acids is 2. The van der Waals surface area contributed by atoms with E-state index in [4.69, 9.17) is 4.84 Å². The fraction of sp³-hybridized carbons (Fsp3) is 0. The first-order chi connectivity index (χ1) is 12.7. The summed E-state index contributed by atoms with van der Waals surface area (Å²) < 4.78 is 0. The molecule has 0 aliphatic rings. The molecule has 0 unspecified atom stereocenters.